The average Bonchev–Trinajstić information content (AvgIpc) is 3.40. The van der Waals surface area contributed by atoms with Crippen LogP contribution in [0.15, 0.2) is 12.2 Å². The lowest BCUT2D eigenvalue weighted by atomic mass is 9.88. The molecule has 0 amide bonds. The number of allylic oxidation sites excluding steroid dienone is 1. The number of aliphatic hydroxyl groups excluding tert-OH is 2. The molecule has 0 aromatic heterocycles. The Labute approximate surface area is 339 Å². The number of quaternary nitrogens is 1. The molecule has 0 saturated heterocycles. The quantitative estimate of drug-likeness (QED) is 0.0182. The fourth-order valence-corrected chi connectivity index (χ4v) is 7.66. The van der Waals surface area contributed by atoms with Gasteiger partial charge in [-0.05, 0) is 31.6 Å². The van der Waals surface area contributed by atoms with Crippen LogP contribution in [0.3, 0.4) is 0 Å². The van der Waals surface area contributed by atoms with Gasteiger partial charge in [-0.25, -0.2) is 4.57 Å². The zero-order valence-corrected chi connectivity index (χ0v) is 36.7. The maximum atomic E-state index is 12.8. The van der Waals surface area contributed by atoms with Crippen LogP contribution in [0.5, 0.6) is 0 Å². The van der Waals surface area contributed by atoms with Crippen molar-refractivity contribution in [1.82, 2.24) is 0 Å². The number of phosphoric ester groups is 1. The molecule has 1 saturated carbocycles. The number of unbranched alkanes of at least 4 members (excludes halogenated alkanes) is 16. The third kappa shape index (κ3) is 27.9. The van der Waals surface area contributed by atoms with Crippen LogP contribution in [0.4, 0.5) is 0 Å². The Morgan fingerprint density at radius 1 is 0.786 bits per heavy atom. The molecule has 1 unspecified atom stereocenters. The number of esters is 2. The van der Waals surface area contributed by atoms with Crippen molar-refractivity contribution in [1.29, 1.82) is 0 Å². The van der Waals surface area contributed by atoms with Crippen molar-refractivity contribution >= 4 is 25.5 Å². The highest BCUT2D eigenvalue weighted by molar-refractivity contribution is 7.47. The van der Waals surface area contributed by atoms with Crippen LogP contribution in [-0.4, -0.2) is 103 Å². The summed E-state index contributed by atoms with van der Waals surface area (Å²) in [5.41, 5.74) is 0. The fraction of sp³-hybridized carbons (Fsp3) is 0.884. The molecular weight excluding hydrogens is 737 g/mol. The van der Waals surface area contributed by atoms with Crippen LogP contribution < -0.4 is 0 Å². The summed E-state index contributed by atoms with van der Waals surface area (Å²) in [6.07, 6.45) is 23.0. The summed E-state index contributed by atoms with van der Waals surface area (Å²) in [5, 5.41) is 20.8. The summed E-state index contributed by atoms with van der Waals surface area (Å²) in [5.74, 6) is -1.53. The number of Topliss-reactive ketones (excluding diaryl/α,β-unsaturated/α-hetero) is 1. The Kier molecular flexibility index (Phi) is 29.3. The number of rotatable bonds is 36. The maximum Gasteiger partial charge on any atom is 0.472 e. The molecule has 13 heteroatoms. The lowest BCUT2D eigenvalue weighted by molar-refractivity contribution is -0.870. The molecule has 6 atom stereocenters. The Bertz CT molecular complexity index is 1130. The first-order chi connectivity index (χ1) is 26.7. The van der Waals surface area contributed by atoms with E-state index in [1.807, 2.05) is 21.1 Å². The fourth-order valence-electron chi connectivity index (χ4n) is 6.92. The second-order valence-corrected chi connectivity index (χ2v) is 18.3. The van der Waals surface area contributed by atoms with Crippen molar-refractivity contribution in [3.63, 3.8) is 0 Å². The number of hydrogen-bond acceptors (Lipinski definition) is 10. The molecule has 3 N–H and O–H groups in total. The summed E-state index contributed by atoms with van der Waals surface area (Å²) in [7, 11) is 1.34. The SMILES string of the molecule is CCCCCCCCCCCCCCC(=O)OC[C@H](COP(=O)(O)OCC[N+](C)(C)C)OC(=O)CCCCCC[C@H]1[C@@H](O)CC(=O)[C@@H]1/C=C/[C@@H](O)CCCCC. The van der Waals surface area contributed by atoms with E-state index in [1.54, 1.807) is 12.2 Å². The average molecular weight is 819 g/mol. The monoisotopic (exact) mass is 819 g/mol. The summed E-state index contributed by atoms with van der Waals surface area (Å²) in [4.78, 5) is 48.1. The van der Waals surface area contributed by atoms with E-state index in [1.165, 1.54) is 51.4 Å². The minimum Gasteiger partial charge on any atom is -0.462 e. The molecule has 0 aromatic rings. The molecule has 1 aliphatic carbocycles. The van der Waals surface area contributed by atoms with Crippen LogP contribution in [0.1, 0.15) is 168 Å². The number of ketones is 1. The summed E-state index contributed by atoms with van der Waals surface area (Å²) < 4.78 is 34.2. The second kappa shape index (κ2) is 31.3. The number of phosphoric acid groups is 1. The smallest absolute Gasteiger partial charge is 0.462 e. The molecule has 1 rings (SSSR count). The van der Waals surface area contributed by atoms with Crippen molar-refractivity contribution in [2.24, 2.45) is 11.8 Å². The molecule has 12 nitrogen and oxygen atoms in total. The van der Waals surface area contributed by atoms with E-state index >= 15 is 0 Å². The van der Waals surface area contributed by atoms with Gasteiger partial charge in [0.15, 0.2) is 6.10 Å². The topological polar surface area (TPSA) is 166 Å². The van der Waals surface area contributed by atoms with Crippen LogP contribution >= 0.6 is 7.82 Å². The first-order valence-electron chi connectivity index (χ1n) is 22.0. The highest BCUT2D eigenvalue weighted by Crippen LogP contribution is 2.43. The highest BCUT2D eigenvalue weighted by Gasteiger charge is 2.39. The Morgan fingerprint density at radius 3 is 1.91 bits per heavy atom. The van der Waals surface area contributed by atoms with Gasteiger partial charge in [0.05, 0.1) is 40.0 Å². The highest BCUT2D eigenvalue weighted by atomic mass is 31.2. The molecule has 56 heavy (non-hydrogen) atoms. The van der Waals surface area contributed by atoms with E-state index < -0.39 is 50.6 Å². The molecule has 1 fully saturated rings. The van der Waals surface area contributed by atoms with Gasteiger partial charge in [-0.1, -0.05) is 135 Å². The first kappa shape index (κ1) is 52.4. The predicted octanol–water partition coefficient (Wildman–Crippen LogP) is 8.78. The van der Waals surface area contributed by atoms with Gasteiger partial charge in [0.1, 0.15) is 25.5 Å². The van der Waals surface area contributed by atoms with E-state index in [0.29, 0.717) is 36.7 Å². The zero-order chi connectivity index (χ0) is 41.7. The largest absolute Gasteiger partial charge is 0.472 e. The van der Waals surface area contributed by atoms with Crippen LogP contribution in [-0.2, 0) is 37.5 Å². The van der Waals surface area contributed by atoms with Crippen molar-refractivity contribution in [2.75, 3.05) is 47.5 Å². The minimum atomic E-state index is -4.43. The standard InChI is InChI=1S/C43H80NO11P/c1-6-8-10-11-12-13-14-15-16-17-18-23-27-42(48)52-34-37(35-54-56(50,51)53-32-31-44(3,4)5)55-43(49)28-24-20-19-22-26-38-39(41(47)33-40(38)46)30-29-36(45)25-21-9-7-2/h29-30,36-40,45-46H,6-28,31-35H2,1-5H3/p+1/b30-29+/t36-,37+,38+,39+,40-/m0/s1. The van der Waals surface area contributed by atoms with Gasteiger partial charge in [0.2, 0.25) is 0 Å². The number of nitrogens with zero attached hydrogens (tertiary/aromatic N) is 1. The van der Waals surface area contributed by atoms with E-state index in [-0.39, 0.29) is 44.2 Å². The summed E-state index contributed by atoms with van der Waals surface area (Å²) >= 11 is 0. The van der Waals surface area contributed by atoms with Crippen molar-refractivity contribution in [3.05, 3.63) is 12.2 Å². The minimum absolute atomic E-state index is 0.00378. The number of ether oxygens (including phenoxy) is 2. The number of carbonyl (C=O) groups is 3. The first-order valence-corrected chi connectivity index (χ1v) is 23.5. The zero-order valence-electron chi connectivity index (χ0n) is 35.8. The van der Waals surface area contributed by atoms with E-state index in [2.05, 4.69) is 13.8 Å². The third-order valence-electron chi connectivity index (χ3n) is 10.5. The molecule has 0 aliphatic heterocycles. The molecule has 0 spiro atoms. The van der Waals surface area contributed by atoms with Gasteiger partial charge in [0, 0.05) is 25.2 Å². The molecule has 0 heterocycles. The predicted molar refractivity (Wildman–Crippen MR) is 221 cm³/mol. The van der Waals surface area contributed by atoms with Crippen LogP contribution in [0, 0.1) is 11.8 Å². The molecule has 0 bridgehead atoms. The van der Waals surface area contributed by atoms with Gasteiger partial charge in [-0.3, -0.25) is 23.4 Å². The van der Waals surface area contributed by atoms with Gasteiger partial charge >= 0.3 is 19.8 Å². The number of aliphatic hydroxyl groups is 2. The van der Waals surface area contributed by atoms with E-state index in [0.717, 1.165) is 57.8 Å². The summed E-state index contributed by atoms with van der Waals surface area (Å²) in [6, 6.07) is 0. The van der Waals surface area contributed by atoms with Gasteiger partial charge in [-0.15, -0.1) is 0 Å². The number of carbonyl (C=O) groups excluding carboxylic acids is 3. The van der Waals surface area contributed by atoms with Gasteiger partial charge in [-0.2, -0.15) is 0 Å². The molecular formula is C43H81NO11P+. The van der Waals surface area contributed by atoms with Crippen LogP contribution in [0.25, 0.3) is 0 Å². The molecule has 328 valence electrons. The molecule has 0 radical (unpaired) electrons. The van der Waals surface area contributed by atoms with Crippen molar-refractivity contribution in [3.8, 4) is 0 Å². The van der Waals surface area contributed by atoms with Gasteiger partial charge < -0.3 is 29.1 Å². The maximum absolute atomic E-state index is 12.8. The number of hydrogen-bond donors (Lipinski definition) is 3. The van der Waals surface area contributed by atoms with Crippen molar-refractivity contribution in [2.45, 2.75) is 186 Å². The van der Waals surface area contributed by atoms with E-state index in [9.17, 15) is 34.1 Å². The Balaban J connectivity index is 2.49. The third-order valence-corrected chi connectivity index (χ3v) is 11.4. The van der Waals surface area contributed by atoms with Crippen LogP contribution in [0.2, 0.25) is 0 Å². The summed E-state index contributed by atoms with van der Waals surface area (Å²) in [6.45, 7) is 4.04. The normalized spacial score (nSPS) is 19.6. The Hall–Kier alpha value is -1.66. The van der Waals surface area contributed by atoms with Gasteiger partial charge in [0.25, 0.3) is 0 Å². The van der Waals surface area contributed by atoms with E-state index in [4.69, 9.17) is 18.5 Å². The lowest BCUT2D eigenvalue weighted by Gasteiger charge is -2.24. The number of likely N-dealkylation sites (N-methyl/N-ethyl adjacent to an activating group) is 1. The Morgan fingerprint density at radius 2 is 1.32 bits per heavy atom. The lowest BCUT2D eigenvalue weighted by Crippen LogP contribution is -2.37. The molecule has 1 aliphatic rings. The molecule has 0 aromatic carbocycles. The second-order valence-electron chi connectivity index (χ2n) is 16.9. The van der Waals surface area contributed by atoms with Crippen molar-refractivity contribution < 1.29 is 57.1 Å².